The fourth-order valence-corrected chi connectivity index (χ4v) is 5.58. The van der Waals surface area contributed by atoms with Gasteiger partial charge >= 0.3 is 0 Å². The highest BCUT2D eigenvalue weighted by Crippen LogP contribution is 2.40. The Kier molecular flexibility index (Phi) is 7.46. The zero-order valence-electron chi connectivity index (χ0n) is 19.7. The van der Waals surface area contributed by atoms with Crippen LogP contribution >= 0.6 is 23.1 Å². The Labute approximate surface area is 213 Å². The molecule has 0 amide bonds. The molecule has 9 heteroatoms. The second-order valence-corrected chi connectivity index (χ2v) is 10.2. The Morgan fingerprint density at radius 2 is 1.97 bits per heavy atom. The van der Waals surface area contributed by atoms with Crippen LogP contribution in [0.5, 0.6) is 17.2 Å². The van der Waals surface area contributed by atoms with E-state index in [1.54, 1.807) is 36.4 Å². The molecule has 0 aliphatic carbocycles. The lowest BCUT2D eigenvalue weighted by atomic mass is 9.96. The fraction of sp³-hybridized carbons (Fsp3) is 0.269. The van der Waals surface area contributed by atoms with Gasteiger partial charge in [-0.25, -0.2) is 9.97 Å². The zero-order valence-corrected chi connectivity index (χ0v) is 21.3. The standard InChI is InChI=1S/C26H27N5O2S2/c1-17-22(7-4-10-28-17)33-23-14-25(29-15-24(23)35-20-6-3-5-19(13-20)32-2)31-26-30-21(16-34-26)18-8-11-27-12-9-18/h3-7,10,13-16,18,27H,8-9,11-12H2,1-2H3,(H,29,30,31). The van der Waals surface area contributed by atoms with E-state index in [9.17, 15) is 0 Å². The number of thiazole rings is 1. The number of nitrogens with zero attached hydrogens (tertiary/aromatic N) is 3. The number of anilines is 2. The number of ether oxygens (including phenoxy) is 2. The van der Waals surface area contributed by atoms with Crippen molar-refractivity contribution in [2.45, 2.75) is 35.5 Å². The number of aryl methyl sites for hydroxylation is 1. The van der Waals surface area contributed by atoms with Crippen LogP contribution in [0.2, 0.25) is 0 Å². The summed E-state index contributed by atoms with van der Waals surface area (Å²) in [6, 6.07) is 13.6. The summed E-state index contributed by atoms with van der Waals surface area (Å²) in [5.41, 5.74) is 1.98. The molecule has 3 aromatic heterocycles. The molecule has 2 N–H and O–H groups in total. The van der Waals surface area contributed by atoms with E-state index in [2.05, 4.69) is 26.0 Å². The SMILES string of the molecule is COc1cccc(Sc2cnc(Nc3nc(C4CCNCC4)cs3)cc2Oc2cccnc2C)c1. The summed E-state index contributed by atoms with van der Waals surface area (Å²) in [6.07, 6.45) is 5.84. The average molecular weight is 506 g/mol. The van der Waals surface area contributed by atoms with Crippen LogP contribution < -0.4 is 20.1 Å². The number of nitrogens with one attached hydrogen (secondary N) is 2. The fourth-order valence-electron chi connectivity index (χ4n) is 3.89. The molecule has 7 nitrogen and oxygen atoms in total. The van der Waals surface area contributed by atoms with Gasteiger partial charge in [0.25, 0.3) is 0 Å². The van der Waals surface area contributed by atoms with Crippen molar-refractivity contribution in [2.24, 2.45) is 0 Å². The Morgan fingerprint density at radius 3 is 2.80 bits per heavy atom. The minimum absolute atomic E-state index is 0.519. The van der Waals surface area contributed by atoms with Crippen molar-refractivity contribution in [2.75, 3.05) is 25.5 Å². The molecule has 0 atom stereocenters. The van der Waals surface area contributed by atoms with Crippen LogP contribution in [-0.4, -0.2) is 35.2 Å². The summed E-state index contributed by atoms with van der Waals surface area (Å²) in [7, 11) is 1.67. The third-order valence-electron chi connectivity index (χ3n) is 5.79. The van der Waals surface area contributed by atoms with Crippen LogP contribution in [0.25, 0.3) is 0 Å². The Morgan fingerprint density at radius 1 is 1.09 bits per heavy atom. The second-order valence-electron chi connectivity index (χ2n) is 8.21. The Balaban J connectivity index is 1.41. The van der Waals surface area contributed by atoms with Crippen LogP contribution in [0.1, 0.15) is 30.1 Å². The highest BCUT2D eigenvalue weighted by Gasteiger charge is 2.19. The van der Waals surface area contributed by atoms with E-state index in [0.29, 0.717) is 23.2 Å². The van der Waals surface area contributed by atoms with Crippen molar-refractivity contribution >= 4 is 34.0 Å². The lowest BCUT2D eigenvalue weighted by Crippen LogP contribution is -2.26. The largest absolute Gasteiger partial charge is 0.497 e. The van der Waals surface area contributed by atoms with Crippen molar-refractivity contribution in [1.29, 1.82) is 0 Å². The first-order chi connectivity index (χ1) is 17.2. The Bertz CT molecular complexity index is 1290. The quantitative estimate of drug-likeness (QED) is 0.285. The molecular formula is C26H27N5O2S2. The van der Waals surface area contributed by atoms with Gasteiger partial charge < -0.3 is 20.1 Å². The molecule has 1 aliphatic heterocycles. The van der Waals surface area contributed by atoms with Crippen molar-refractivity contribution < 1.29 is 9.47 Å². The maximum atomic E-state index is 6.33. The van der Waals surface area contributed by atoms with Crippen LogP contribution in [0.3, 0.4) is 0 Å². The molecule has 1 aliphatic rings. The first-order valence-corrected chi connectivity index (χ1v) is 13.2. The van der Waals surface area contributed by atoms with Gasteiger partial charge in [-0.15, -0.1) is 11.3 Å². The number of aromatic nitrogens is 3. The number of hydrogen-bond donors (Lipinski definition) is 2. The molecule has 4 aromatic rings. The van der Waals surface area contributed by atoms with E-state index < -0.39 is 0 Å². The molecule has 0 radical (unpaired) electrons. The Hall–Kier alpha value is -3.14. The van der Waals surface area contributed by atoms with Gasteiger partial charge in [0, 0.05) is 34.7 Å². The normalized spacial score (nSPS) is 14.0. The van der Waals surface area contributed by atoms with Gasteiger partial charge in [-0.3, -0.25) is 4.98 Å². The van der Waals surface area contributed by atoms with Crippen molar-refractivity contribution in [1.82, 2.24) is 20.3 Å². The number of piperidine rings is 1. The molecule has 35 heavy (non-hydrogen) atoms. The van der Waals surface area contributed by atoms with E-state index in [1.807, 2.05) is 55.6 Å². The summed E-state index contributed by atoms with van der Waals surface area (Å²) in [5, 5.41) is 9.77. The van der Waals surface area contributed by atoms with E-state index in [0.717, 1.165) is 58.0 Å². The van der Waals surface area contributed by atoms with Crippen molar-refractivity contribution in [3.8, 4) is 17.2 Å². The molecule has 0 unspecified atom stereocenters. The highest BCUT2D eigenvalue weighted by molar-refractivity contribution is 7.99. The lowest BCUT2D eigenvalue weighted by Gasteiger charge is -2.20. The van der Waals surface area contributed by atoms with Crippen LogP contribution in [0, 0.1) is 6.92 Å². The van der Waals surface area contributed by atoms with E-state index in [-0.39, 0.29) is 0 Å². The number of hydrogen-bond acceptors (Lipinski definition) is 9. The van der Waals surface area contributed by atoms with E-state index in [4.69, 9.17) is 14.5 Å². The molecule has 0 saturated carbocycles. The average Bonchev–Trinajstić information content (AvgIpc) is 3.36. The maximum absolute atomic E-state index is 6.33. The van der Waals surface area contributed by atoms with Crippen molar-refractivity contribution in [3.63, 3.8) is 0 Å². The van der Waals surface area contributed by atoms with E-state index >= 15 is 0 Å². The number of benzene rings is 1. The molecule has 0 spiro atoms. The second kappa shape index (κ2) is 11.1. The first-order valence-electron chi connectivity index (χ1n) is 11.5. The molecule has 0 bridgehead atoms. The lowest BCUT2D eigenvalue weighted by molar-refractivity contribution is 0.413. The monoisotopic (exact) mass is 505 g/mol. The van der Waals surface area contributed by atoms with Crippen molar-refractivity contribution in [3.05, 3.63) is 71.6 Å². The molecule has 1 saturated heterocycles. The van der Waals surface area contributed by atoms with Crippen LogP contribution in [-0.2, 0) is 0 Å². The third kappa shape index (κ3) is 5.93. The topological polar surface area (TPSA) is 81.2 Å². The summed E-state index contributed by atoms with van der Waals surface area (Å²) < 4.78 is 11.7. The van der Waals surface area contributed by atoms with Gasteiger partial charge in [0.15, 0.2) is 5.13 Å². The summed E-state index contributed by atoms with van der Waals surface area (Å²) in [5.74, 6) is 3.41. The van der Waals surface area contributed by atoms with Gasteiger partial charge in [-0.2, -0.15) is 0 Å². The molecule has 5 rings (SSSR count). The van der Waals surface area contributed by atoms with Gasteiger partial charge in [0.1, 0.15) is 23.1 Å². The molecule has 1 aromatic carbocycles. The molecule has 1 fully saturated rings. The number of pyridine rings is 2. The number of rotatable bonds is 8. The van der Waals surface area contributed by atoms with Gasteiger partial charge in [0.2, 0.25) is 0 Å². The zero-order chi connectivity index (χ0) is 24.0. The van der Waals surface area contributed by atoms with Gasteiger partial charge in [-0.05, 0) is 63.2 Å². The molecule has 180 valence electrons. The summed E-state index contributed by atoms with van der Waals surface area (Å²) in [4.78, 5) is 15.8. The maximum Gasteiger partial charge on any atom is 0.188 e. The molecule has 4 heterocycles. The van der Waals surface area contributed by atoms with E-state index in [1.165, 1.54) is 0 Å². The highest BCUT2D eigenvalue weighted by atomic mass is 32.2. The minimum Gasteiger partial charge on any atom is -0.497 e. The first kappa shape index (κ1) is 23.6. The number of methoxy groups -OCH3 is 1. The predicted octanol–water partition coefficient (Wildman–Crippen LogP) is 6.40. The third-order valence-corrected chi connectivity index (χ3v) is 7.59. The van der Waals surface area contributed by atoms with Gasteiger partial charge in [0.05, 0.1) is 23.4 Å². The van der Waals surface area contributed by atoms with Crippen LogP contribution in [0.15, 0.2) is 70.0 Å². The predicted molar refractivity (Wildman–Crippen MR) is 141 cm³/mol. The van der Waals surface area contributed by atoms with Gasteiger partial charge in [-0.1, -0.05) is 17.8 Å². The van der Waals surface area contributed by atoms with Crippen LogP contribution in [0.4, 0.5) is 10.9 Å². The minimum atomic E-state index is 0.519. The smallest absolute Gasteiger partial charge is 0.188 e. The summed E-state index contributed by atoms with van der Waals surface area (Å²) >= 11 is 3.18. The molecular weight excluding hydrogens is 478 g/mol. The summed E-state index contributed by atoms with van der Waals surface area (Å²) in [6.45, 7) is 4.03.